The molecule has 5 nitrogen and oxygen atoms in total. The first kappa shape index (κ1) is 15.3. The summed E-state index contributed by atoms with van der Waals surface area (Å²) in [5.41, 5.74) is 0. The van der Waals surface area contributed by atoms with Crippen LogP contribution in [-0.4, -0.2) is 73.3 Å². The molecule has 2 atom stereocenters. The number of nitrogens with zero attached hydrogens (tertiary/aromatic N) is 3. The van der Waals surface area contributed by atoms with E-state index in [1.54, 1.807) is 4.90 Å². The van der Waals surface area contributed by atoms with Gasteiger partial charge >= 0.3 is 0 Å². The third-order valence-corrected chi connectivity index (χ3v) is 4.40. The zero-order chi connectivity index (χ0) is 14.7. The first-order valence-corrected chi connectivity index (χ1v) is 7.72. The molecule has 2 rings (SSSR count). The number of rotatable bonds is 4. The van der Waals surface area contributed by atoms with Gasteiger partial charge in [-0.25, -0.2) is 0 Å². The van der Waals surface area contributed by atoms with Gasteiger partial charge in [0.1, 0.15) is 0 Å². The van der Waals surface area contributed by atoms with Crippen LogP contribution in [0.25, 0.3) is 0 Å². The van der Waals surface area contributed by atoms with E-state index < -0.39 is 0 Å². The fourth-order valence-electron chi connectivity index (χ4n) is 3.43. The van der Waals surface area contributed by atoms with Gasteiger partial charge in [0.2, 0.25) is 11.8 Å². The molecule has 0 spiro atoms. The van der Waals surface area contributed by atoms with Crippen molar-refractivity contribution in [3.05, 3.63) is 0 Å². The highest BCUT2D eigenvalue weighted by Gasteiger charge is 2.37. The molecule has 0 N–H and O–H groups in total. The lowest BCUT2D eigenvalue weighted by Crippen LogP contribution is -2.45. The van der Waals surface area contributed by atoms with Crippen molar-refractivity contribution in [3.63, 3.8) is 0 Å². The van der Waals surface area contributed by atoms with Gasteiger partial charge in [0.05, 0.1) is 5.92 Å². The summed E-state index contributed by atoms with van der Waals surface area (Å²) in [5, 5.41) is 0. The van der Waals surface area contributed by atoms with E-state index >= 15 is 0 Å². The largest absolute Gasteiger partial charge is 0.342 e. The van der Waals surface area contributed by atoms with Crippen LogP contribution in [-0.2, 0) is 9.59 Å². The molecule has 2 amide bonds. The summed E-state index contributed by atoms with van der Waals surface area (Å²) in [6, 6.07) is 0. The average molecular weight is 281 g/mol. The third kappa shape index (κ3) is 3.51. The van der Waals surface area contributed by atoms with Crippen molar-refractivity contribution in [2.75, 3.05) is 46.8 Å². The monoisotopic (exact) mass is 281 g/mol. The third-order valence-electron chi connectivity index (χ3n) is 4.40. The number of hydrogen-bond acceptors (Lipinski definition) is 3. The highest BCUT2D eigenvalue weighted by Crippen LogP contribution is 2.24. The molecule has 0 aromatic carbocycles. The van der Waals surface area contributed by atoms with Crippen LogP contribution in [0.5, 0.6) is 0 Å². The van der Waals surface area contributed by atoms with E-state index in [9.17, 15) is 9.59 Å². The van der Waals surface area contributed by atoms with Crippen molar-refractivity contribution in [2.45, 2.75) is 26.2 Å². The van der Waals surface area contributed by atoms with Gasteiger partial charge in [-0.1, -0.05) is 0 Å². The van der Waals surface area contributed by atoms with Crippen molar-refractivity contribution in [2.24, 2.45) is 11.8 Å². The van der Waals surface area contributed by atoms with E-state index in [1.807, 2.05) is 11.8 Å². The summed E-state index contributed by atoms with van der Waals surface area (Å²) in [6.45, 7) is 6.05. The molecule has 2 aliphatic heterocycles. The van der Waals surface area contributed by atoms with Crippen LogP contribution in [0.1, 0.15) is 26.2 Å². The molecule has 2 fully saturated rings. The molecule has 20 heavy (non-hydrogen) atoms. The molecule has 0 aromatic heterocycles. The van der Waals surface area contributed by atoms with Crippen LogP contribution in [0.2, 0.25) is 0 Å². The number of hydrogen-bond donors (Lipinski definition) is 0. The summed E-state index contributed by atoms with van der Waals surface area (Å²) < 4.78 is 0. The maximum Gasteiger partial charge on any atom is 0.228 e. The summed E-state index contributed by atoms with van der Waals surface area (Å²) in [6.07, 6.45) is 2.69. The predicted octanol–water partition coefficient (Wildman–Crippen LogP) is 0.655. The van der Waals surface area contributed by atoms with Crippen LogP contribution >= 0.6 is 0 Å². The number of carbonyl (C=O) groups excluding carboxylic acids is 2. The van der Waals surface area contributed by atoms with Gasteiger partial charge in [-0.2, -0.15) is 0 Å². The summed E-state index contributed by atoms with van der Waals surface area (Å²) in [4.78, 5) is 30.3. The van der Waals surface area contributed by atoms with Crippen molar-refractivity contribution >= 4 is 11.8 Å². The van der Waals surface area contributed by atoms with Crippen molar-refractivity contribution in [1.82, 2.24) is 14.7 Å². The lowest BCUT2D eigenvalue weighted by molar-refractivity contribution is -0.137. The second-order valence-electron chi connectivity index (χ2n) is 6.39. The van der Waals surface area contributed by atoms with Crippen LogP contribution in [0.4, 0.5) is 0 Å². The standard InChI is InChI=1S/C15H27N3O2/c1-4-17-11-13(8-14(17)19)15(20)18-7-5-6-12(10-18)9-16(2)3/h12-13H,4-11H2,1-3H3. The van der Waals surface area contributed by atoms with Gasteiger partial charge in [0.25, 0.3) is 0 Å². The van der Waals surface area contributed by atoms with Gasteiger partial charge < -0.3 is 14.7 Å². The SMILES string of the molecule is CCN1CC(C(=O)N2CCCC(CN(C)C)C2)CC1=O. The topological polar surface area (TPSA) is 43.9 Å². The normalized spacial score (nSPS) is 27.5. The molecule has 0 radical (unpaired) electrons. The van der Waals surface area contributed by atoms with Crippen molar-refractivity contribution in [1.29, 1.82) is 0 Å². The first-order chi connectivity index (χ1) is 9.51. The Morgan fingerprint density at radius 3 is 2.70 bits per heavy atom. The highest BCUT2D eigenvalue weighted by atomic mass is 16.2. The van der Waals surface area contributed by atoms with E-state index in [0.29, 0.717) is 25.4 Å². The van der Waals surface area contributed by atoms with E-state index in [2.05, 4.69) is 19.0 Å². The molecule has 114 valence electrons. The van der Waals surface area contributed by atoms with Crippen molar-refractivity contribution in [3.8, 4) is 0 Å². The first-order valence-electron chi connectivity index (χ1n) is 7.72. The molecular weight excluding hydrogens is 254 g/mol. The van der Waals surface area contributed by atoms with E-state index in [1.165, 1.54) is 6.42 Å². The predicted molar refractivity (Wildman–Crippen MR) is 78.2 cm³/mol. The molecule has 0 aliphatic carbocycles. The molecule has 5 heteroatoms. The minimum absolute atomic E-state index is 0.111. The molecule has 2 heterocycles. The molecule has 2 aliphatic rings. The summed E-state index contributed by atoms with van der Waals surface area (Å²) >= 11 is 0. The number of carbonyl (C=O) groups is 2. The van der Waals surface area contributed by atoms with Gasteiger partial charge in [-0.3, -0.25) is 9.59 Å². The minimum Gasteiger partial charge on any atom is -0.342 e. The molecule has 0 saturated carbocycles. The lowest BCUT2D eigenvalue weighted by atomic mass is 9.96. The Labute approximate surface area is 121 Å². The summed E-state index contributed by atoms with van der Waals surface area (Å²) in [7, 11) is 4.16. The van der Waals surface area contributed by atoms with Crippen LogP contribution in [0.15, 0.2) is 0 Å². The molecule has 0 aromatic rings. The summed E-state index contributed by atoms with van der Waals surface area (Å²) in [5.74, 6) is 0.785. The Bertz CT molecular complexity index is 370. The maximum atomic E-state index is 12.6. The molecular formula is C15H27N3O2. The molecule has 0 bridgehead atoms. The Kier molecular flexibility index (Phi) is 5.02. The Morgan fingerprint density at radius 2 is 2.10 bits per heavy atom. The van der Waals surface area contributed by atoms with E-state index in [0.717, 1.165) is 26.1 Å². The zero-order valence-corrected chi connectivity index (χ0v) is 13.0. The van der Waals surface area contributed by atoms with E-state index in [-0.39, 0.29) is 17.7 Å². The second-order valence-corrected chi connectivity index (χ2v) is 6.39. The minimum atomic E-state index is -0.111. The average Bonchev–Trinajstić information content (AvgIpc) is 2.78. The van der Waals surface area contributed by atoms with Crippen molar-refractivity contribution < 1.29 is 9.59 Å². The van der Waals surface area contributed by atoms with E-state index in [4.69, 9.17) is 0 Å². The number of piperidine rings is 1. The fraction of sp³-hybridized carbons (Fsp3) is 0.867. The Hall–Kier alpha value is -1.10. The smallest absolute Gasteiger partial charge is 0.228 e. The number of likely N-dealkylation sites (tertiary alicyclic amines) is 2. The Morgan fingerprint density at radius 1 is 1.35 bits per heavy atom. The fourth-order valence-corrected chi connectivity index (χ4v) is 3.43. The Balaban J connectivity index is 1.90. The van der Waals surface area contributed by atoms with Gasteiger partial charge in [-0.05, 0) is 39.8 Å². The van der Waals surface area contributed by atoms with Gasteiger partial charge in [0, 0.05) is 39.1 Å². The van der Waals surface area contributed by atoms with Crippen LogP contribution in [0.3, 0.4) is 0 Å². The van der Waals surface area contributed by atoms with Crippen LogP contribution in [0, 0.1) is 11.8 Å². The maximum absolute atomic E-state index is 12.6. The van der Waals surface area contributed by atoms with Gasteiger partial charge in [-0.15, -0.1) is 0 Å². The lowest BCUT2D eigenvalue weighted by Gasteiger charge is -2.35. The highest BCUT2D eigenvalue weighted by molar-refractivity contribution is 5.89. The number of amides is 2. The van der Waals surface area contributed by atoms with Gasteiger partial charge in [0.15, 0.2) is 0 Å². The zero-order valence-electron chi connectivity index (χ0n) is 13.0. The molecule has 2 saturated heterocycles. The molecule has 2 unspecified atom stereocenters. The quantitative estimate of drug-likeness (QED) is 0.760. The second kappa shape index (κ2) is 6.57. The van der Waals surface area contributed by atoms with Crippen LogP contribution < -0.4 is 0 Å².